The van der Waals surface area contributed by atoms with Crippen LogP contribution in [0.5, 0.6) is 5.75 Å². The number of anilines is 1. The summed E-state index contributed by atoms with van der Waals surface area (Å²) in [4.78, 5) is 3.86. The van der Waals surface area contributed by atoms with Gasteiger partial charge in [0.05, 0.1) is 31.2 Å². The molecule has 0 saturated carbocycles. The van der Waals surface area contributed by atoms with Gasteiger partial charge in [0.2, 0.25) is 0 Å². The molecule has 3 N–H and O–H groups in total. The highest BCUT2D eigenvalue weighted by Gasteiger charge is 2.32. The fourth-order valence-electron chi connectivity index (χ4n) is 1.50. The van der Waals surface area contributed by atoms with Crippen LogP contribution in [0.15, 0.2) is 29.3 Å². The molecule has 0 fully saturated rings. The second-order valence-corrected chi connectivity index (χ2v) is 6.94. The van der Waals surface area contributed by atoms with E-state index in [0.717, 1.165) is 12.3 Å². The van der Waals surface area contributed by atoms with Gasteiger partial charge in [0.15, 0.2) is 11.7 Å². The molecule has 0 aliphatic rings. The largest absolute Gasteiger partial charge is 0.573 e. The Morgan fingerprint density at radius 3 is 2.58 bits per heavy atom. The third-order valence-electron chi connectivity index (χ3n) is 2.49. The van der Waals surface area contributed by atoms with Gasteiger partial charge >= 0.3 is 6.36 Å². The van der Waals surface area contributed by atoms with E-state index in [0.29, 0.717) is 0 Å². The normalized spacial score (nSPS) is 12.9. The number of benzene rings is 1. The number of hydrogen-bond acceptors (Lipinski definition) is 5. The van der Waals surface area contributed by atoms with Crippen LogP contribution < -0.4 is 15.8 Å². The number of para-hydroxylation sites is 2. The first-order chi connectivity index (χ1) is 11.1. The Hall–Kier alpha value is -2.01. The lowest BCUT2D eigenvalue weighted by molar-refractivity contribution is -0.274. The molecule has 7 nitrogen and oxygen atoms in total. The minimum absolute atomic E-state index is 0.00840. The molecule has 0 unspecified atom stereocenters. The Morgan fingerprint density at radius 1 is 1.29 bits per heavy atom. The zero-order chi connectivity index (χ0) is 18.2. The molecule has 24 heavy (non-hydrogen) atoms. The fraction of sp³-hybridized carbons (Fsp3) is 0.462. The Kier molecular flexibility index (Phi) is 7.29. The van der Waals surface area contributed by atoms with Gasteiger partial charge in [-0.1, -0.05) is 12.1 Å². The van der Waals surface area contributed by atoms with E-state index in [9.17, 15) is 21.6 Å². The number of sulfone groups is 1. The zero-order valence-electron chi connectivity index (χ0n) is 12.8. The predicted molar refractivity (Wildman–Crippen MR) is 83.8 cm³/mol. The van der Waals surface area contributed by atoms with E-state index < -0.39 is 21.9 Å². The van der Waals surface area contributed by atoms with Crippen LogP contribution >= 0.6 is 0 Å². The van der Waals surface area contributed by atoms with Gasteiger partial charge in [-0.05, 0) is 12.1 Å². The van der Waals surface area contributed by atoms with Crippen LogP contribution in [-0.2, 0) is 14.6 Å². The van der Waals surface area contributed by atoms with Crippen LogP contribution in [0.25, 0.3) is 0 Å². The molecule has 0 heterocycles. The van der Waals surface area contributed by atoms with Gasteiger partial charge in [0.25, 0.3) is 0 Å². The molecule has 136 valence electrons. The predicted octanol–water partition coefficient (Wildman–Crippen LogP) is 1.37. The summed E-state index contributed by atoms with van der Waals surface area (Å²) < 4.78 is 67.6. The highest BCUT2D eigenvalue weighted by atomic mass is 32.2. The number of ether oxygens (including phenoxy) is 2. The van der Waals surface area contributed by atoms with Crippen molar-refractivity contribution in [2.45, 2.75) is 6.36 Å². The molecule has 0 saturated heterocycles. The van der Waals surface area contributed by atoms with Crippen LogP contribution in [0.4, 0.5) is 18.9 Å². The van der Waals surface area contributed by atoms with Crippen LogP contribution in [0, 0.1) is 0 Å². The van der Waals surface area contributed by atoms with Crippen LogP contribution in [-0.4, -0.2) is 52.5 Å². The van der Waals surface area contributed by atoms with Gasteiger partial charge in [0, 0.05) is 6.26 Å². The van der Waals surface area contributed by atoms with E-state index >= 15 is 0 Å². The first kappa shape index (κ1) is 20.0. The molecule has 0 spiro atoms. The summed E-state index contributed by atoms with van der Waals surface area (Å²) in [6.45, 7) is 0.271. The number of guanidine groups is 1. The maximum Gasteiger partial charge on any atom is 0.573 e. The quantitative estimate of drug-likeness (QED) is 0.408. The highest BCUT2D eigenvalue weighted by Crippen LogP contribution is 2.29. The van der Waals surface area contributed by atoms with Crippen LogP contribution in [0.1, 0.15) is 0 Å². The van der Waals surface area contributed by atoms with E-state index in [1.807, 2.05) is 0 Å². The van der Waals surface area contributed by atoms with E-state index in [4.69, 9.17) is 10.5 Å². The highest BCUT2D eigenvalue weighted by molar-refractivity contribution is 7.90. The molecular formula is C13H18F3N3O4S. The first-order valence-corrected chi connectivity index (χ1v) is 8.80. The topological polar surface area (TPSA) is 103 Å². The minimum Gasteiger partial charge on any atom is -0.404 e. The van der Waals surface area contributed by atoms with Crippen molar-refractivity contribution in [2.24, 2.45) is 10.7 Å². The van der Waals surface area contributed by atoms with Gasteiger partial charge in [-0.3, -0.25) is 4.99 Å². The lowest BCUT2D eigenvalue weighted by Crippen LogP contribution is -2.25. The number of nitrogens with two attached hydrogens (primary N) is 1. The number of aliphatic imine (C=N–C) groups is 1. The Bertz CT molecular complexity index is 663. The fourth-order valence-corrected chi connectivity index (χ4v) is 1.92. The number of nitrogens with one attached hydrogen (secondary N) is 1. The summed E-state index contributed by atoms with van der Waals surface area (Å²) in [7, 11) is -3.09. The molecule has 0 radical (unpaired) electrons. The number of alkyl halides is 3. The van der Waals surface area contributed by atoms with Crippen molar-refractivity contribution in [3.8, 4) is 5.75 Å². The molecule has 1 aromatic carbocycles. The van der Waals surface area contributed by atoms with Crippen molar-refractivity contribution in [3.05, 3.63) is 24.3 Å². The molecule has 0 aromatic heterocycles. The number of hydrogen-bond donors (Lipinski definition) is 2. The summed E-state index contributed by atoms with van der Waals surface area (Å²) in [5, 5.41) is 2.50. The molecule has 11 heteroatoms. The number of nitrogens with zero attached hydrogens (tertiary/aromatic N) is 1. The molecule has 1 aromatic rings. The van der Waals surface area contributed by atoms with E-state index in [2.05, 4.69) is 15.0 Å². The molecule has 0 atom stereocenters. The van der Waals surface area contributed by atoms with E-state index in [1.54, 1.807) is 0 Å². The second-order valence-electron chi connectivity index (χ2n) is 4.68. The van der Waals surface area contributed by atoms with Crippen molar-refractivity contribution in [2.75, 3.05) is 37.1 Å². The van der Waals surface area contributed by atoms with Crippen molar-refractivity contribution in [1.29, 1.82) is 0 Å². The molecule has 0 amide bonds. The van der Waals surface area contributed by atoms with E-state index in [-0.39, 0.29) is 37.2 Å². The standard InChI is InChI=1S/C13H18F3N3O4S/c1-24(20,21)9-8-22-7-6-18-12(17)19-10-4-2-3-5-11(10)23-13(14,15)16/h2-5H,6-9H2,1H3,(H3,17,18,19). The van der Waals surface area contributed by atoms with Crippen LogP contribution in [0.3, 0.4) is 0 Å². The smallest absolute Gasteiger partial charge is 0.404 e. The van der Waals surface area contributed by atoms with Crippen molar-refractivity contribution < 1.29 is 31.1 Å². The molecule has 0 aliphatic heterocycles. The van der Waals surface area contributed by atoms with Gasteiger partial charge < -0.3 is 20.5 Å². The minimum atomic E-state index is -4.82. The summed E-state index contributed by atoms with van der Waals surface area (Å²) in [5.41, 5.74) is 5.58. The molecular weight excluding hydrogens is 351 g/mol. The van der Waals surface area contributed by atoms with Gasteiger partial charge in [0.1, 0.15) is 9.84 Å². The number of rotatable bonds is 8. The van der Waals surface area contributed by atoms with Crippen molar-refractivity contribution in [1.82, 2.24) is 0 Å². The average Bonchev–Trinajstić information content (AvgIpc) is 2.42. The van der Waals surface area contributed by atoms with Gasteiger partial charge in [-0.2, -0.15) is 0 Å². The maximum absolute atomic E-state index is 12.3. The summed E-state index contributed by atoms with van der Waals surface area (Å²) in [6, 6.07) is 5.38. The van der Waals surface area contributed by atoms with Crippen molar-refractivity contribution in [3.63, 3.8) is 0 Å². The molecule has 1 rings (SSSR count). The first-order valence-electron chi connectivity index (χ1n) is 6.74. The third kappa shape index (κ3) is 9.20. The zero-order valence-corrected chi connectivity index (χ0v) is 13.7. The Balaban J connectivity index is 2.48. The Labute approximate surface area is 137 Å². The average molecular weight is 369 g/mol. The van der Waals surface area contributed by atoms with Gasteiger partial charge in [-0.15, -0.1) is 13.2 Å². The summed E-state index contributed by atoms with van der Waals surface area (Å²) in [6.07, 6.45) is -3.73. The van der Waals surface area contributed by atoms with Crippen LogP contribution in [0.2, 0.25) is 0 Å². The Morgan fingerprint density at radius 2 is 1.96 bits per heavy atom. The maximum atomic E-state index is 12.3. The lowest BCUT2D eigenvalue weighted by Gasteiger charge is -2.14. The van der Waals surface area contributed by atoms with E-state index in [1.165, 1.54) is 18.2 Å². The monoisotopic (exact) mass is 369 g/mol. The lowest BCUT2D eigenvalue weighted by atomic mass is 10.3. The summed E-state index contributed by atoms with van der Waals surface area (Å²) >= 11 is 0. The molecule has 0 bridgehead atoms. The summed E-state index contributed by atoms with van der Waals surface area (Å²) in [5.74, 6) is -0.667. The van der Waals surface area contributed by atoms with Gasteiger partial charge in [-0.25, -0.2) is 8.42 Å². The molecule has 0 aliphatic carbocycles. The van der Waals surface area contributed by atoms with Crippen molar-refractivity contribution >= 4 is 21.5 Å². The SMILES string of the molecule is CS(=O)(=O)CCOCCN=C(N)Nc1ccccc1OC(F)(F)F. The number of halogens is 3. The second kappa shape index (κ2) is 8.73. The third-order valence-corrected chi connectivity index (χ3v) is 3.40.